The van der Waals surface area contributed by atoms with E-state index in [4.69, 9.17) is 0 Å². The number of hydrogen-bond donors (Lipinski definition) is 0. The zero-order valence-electron chi connectivity index (χ0n) is 22.1. The van der Waals surface area contributed by atoms with Crippen LogP contribution in [0.3, 0.4) is 0 Å². The molecule has 3 aromatic carbocycles. The molecule has 0 radical (unpaired) electrons. The van der Waals surface area contributed by atoms with Crippen molar-refractivity contribution in [2.75, 3.05) is 0 Å². The van der Waals surface area contributed by atoms with Gasteiger partial charge in [-0.25, -0.2) is 0 Å². The Labute approximate surface area is 204 Å². The molecule has 0 N–H and O–H groups in total. The van der Waals surface area contributed by atoms with E-state index >= 15 is 0 Å². The Bertz CT molecular complexity index is 1060. The summed E-state index contributed by atoms with van der Waals surface area (Å²) in [6.45, 7) is 18.7. The van der Waals surface area contributed by atoms with Gasteiger partial charge in [0.05, 0.1) is 0 Å². The molecule has 0 nitrogen and oxygen atoms in total. The van der Waals surface area contributed by atoms with Gasteiger partial charge in [0.1, 0.15) is 0 Å². The Morgan fingerprint density at radius 1 is 0.667 bits per heavy atom. The molecule has 0 saturated heterocycles. The molecule has 0 fully saturated rings. The van der Waals surface area contributed by atoms with Gasteiger partial charge in [0.15, 0.2) is 0 Å². The van der Waals surface area contributed by atoms with Gasteiger partial charge < -0.3 is 0 Å². The van der Waals surface area contributed by atoms with Gasteiger partial charge in [-0.05, 0) is 90.0 Å². The standard InChI is InChI=1S/C32H43P/c1-9-21-31(6,7)26-17-19-29(24(4)22-26)33(28-15-13-12-14-16-28)30-20-18-27(23-25(30)5)32(8,10-2)11-3/h12-20,22-23H,9-11,21H2,1-8H3. The first kappa shape index (κ1) is 25.7. The Morgan fingerprint density at radius 3 is 1.67 bits per heavy atom. The zero-order chi connectivity index (χ0) is 24.2. The Balaban J connectivity index is 2.14. The molecule has 0 heterocycles. The fourth-order valence-corrected chi connectivity index (χ4v) is 7.59. The van der Waals surface area contributed by atoms with Gasteiger partial charge in [0, 0.05) is 0 Å². The van der Waals surface area contributed by atoms with Crippen molar-refractivity contribution in [3.8, 4) is 0 Å². The van der Waals surface area contributed by atoms with E-state index in [1.165, 1.54) is 63.9 Å². The van der Waals surface area contributed by atoms with Crippen LogP contribution in [-0.4, -0.2) is 0 Å². The second-order valence-electron chi connectivity index (χ2n) is 10.6. The van der Waals surface area contributed by atoms with Crippen molar-refractivity contribution in [3.63, 3.8) is 0 Å². The van der Waals surface area contributed by atoms with E-state index in [-0.39, 0.29) is 10.8 Å². The minimum Gasteiger partial charge on any atom is -0.0654 e. The number of aryl methyl sites for hydroxylation is 2. The third-order valence-corrected chi connectivity index (χ3v) is 10.6. The Hall–Kier alpha value is -1.91. The van der Waals surface area contributed by atoms with Gasteiger partial charge >= 0.3 is 0 Å². The van der Waals surface area contributed by atoms with Crippen molar-refractivity contribution < 1.29 is 0 Å². The predicted octanol–water partition coefficient (Wildman–Crippen LogP) is 8.22. The van der Waals surface area contributed by atoms with E-state index in [9.17, 15) is 0 Å². The highest BCUT2D eigenvalue weighted by Crippen LogP contribution is 2.39. The van der Waals surface area contributed by atoms with Crippen molar-refractivity contribution >= 4 is 23.8 Å². The molecule has 1 heteroatoms. The summed E-state index contributed by atoms with van der Waals surface area (Å²) >= 11 is 0. The van der Waals surface area contributed by atoms with E-state index in [1.54, 1.807) is 0 Å². The minimum atomic E-state index is -0.601. The highest BCUT2D eigenvalue weighted by molar-refractivity contribution is 7.80. The molecule has 1 unspecified atom stereocenters. The van der Waals surface area contributed by atoms with Crippen LogP contribution in [-0.2, 0) is 10.8 Å². The maximum absolute atomic E-state index is 2.47. The van der Waals surface area contributed by atoms with Gasteiger partial charge in [-0.1, -0.05) is 115 Å². The molecule has 0 saturated carbocycles. The van der Waals surface area contributed by atoms with E-state index in [0.717, 1.165) is 0 Å². The van der Waals surface area contributed by atoms with E-state index < -0.39 is 7.92 Å². The monoisotopic (exact) mass is 458 g/mol. The van der Waals surface area contributed by atoms with Crippen molar-refractivity contribution in [3.05, 3.63) is 89.0 Å². The van der Waals surface area contributed by atoms with Crippen LogP contribution in [0.2, 0.25) is 0 Å². The second kappa shape index (κ2) is 10.6. The van der Waals surface area contributed by atoms with Gasteiger partial charge in [0.2, 0.25) is 0 Å². The van der Waals surface area contributed by atoms with E-state index in [1.807, 2.05) is 0 Å². The smallest absolute Gasteiger partial charge is 0.00804 e. The first-order chi connectivity index (χ1) is 15.7. The lowest BCUT2D eigenvalue weighted by Gasteiger charge is -2.30. The average molecular weight is 459 g/mol. The summed E-state index contributed by atoms with van der Waals surface area (Å²) in [4.78, 5) is 0. The summed E-state index contributed by atoms with van der Waals surface area (Å²) in [6, 6.07) is 25.7. The summed E-state index contributed by atoms with van der Waals surface area (Å²) in [6.07, 6.45) is 4.77. The van der Waals surface area contributed by atoms with Crippen molar-refractivity contribution in [2.45, 2.75) is 91.9 Å². The second-order valence-corrected chi connectivity index (χ2v) is 12.7. The summed E-state index contributed by atoms with van der Waals surface area (Å²) in [7, 11) is -0.601. The van der Waals surface area contributed by atoms with Crippen LogP contribution in [0, 0.1) is 13.8 Å². The van der Waals surface area contributed by atoms with Gasteiger partial charge in [-0.15, -0.1) is 0 Å². The maximum atomic E-state index is 2.47. The molecule has 1 atom stereocenters. The molecule has 0 aromatic heterocycles. The molecule has 0 aliphatic rings. The third-order valence-electron chi connectivity index (χ3n) is 7.80. The molecule has 0 spiro atoms. The molecule has 0 amide bonds. The molecule has 0 bridgehead atoms. The molecule has 33 heavy (non-hydrogen) atoms. The van der Waals surface area contributed by atoms with Crippen molar-refractivity contribution in [2.24, 2.45) is 0 Å². The number of rotatable bonds is 9. The van der Waals surface area contributed by atoms with Crippen LogP contribution >= 0.6 is 7.92 Å². The first-order valence-electron chi connectivity index (χ1n) is 12.7. The lowest BCUT2D eigenvalue weighted by molar-refractivity contribution is 0.439. The van der Waals surface area contributed by atoms with Crippen LogP contribution in [0.15, 0.2) is 66.7 Å². The SMILES string of the molecule is CCCC(C)(C)c1ccc(P(c2ccccc2)c2ccc(C(C)(CC)CC)cc2C)c(C)c1. The summed E-state index contributed by atoms with van der Waals surface area (Å²) < 4.78 is 0. The number of hydrogen-bond acceptors (Lipinski definition) is 0. The van der Waals surface area contributed by atoms with Crippen molar-refractivity contribution in [1.82, 2.24) is 0 Å². The average Bonchev–Trinajstić information content (AvgIpc) is 2.81. The van der Waals surface area contributed by atoms with E-state index in [0.29, 0.717) is 0 Å². The molecular formula is C32H43P. The lowest BCUT2D eigenvalue weighted by Crippen LogP contribution is -2.27. The maximum Gasteiger partial charge on any atom is -0.00804 e. The minimum absolute atomic E-state index is 0.218. The van der Waals surface area contributed by atoms with Crippen LogP contribution in [0.25, 0.3) is 0 Å². The fourth-order valence-electron chi connectivity index (χ4n) is 5.02. The Kier molecular flexibility index (Phi) is 8.23. The number of benzene rings is 3. The summed E-state index contributed by atoms with van der Waals surface area (Å²) in [5.41, 5.74) is 6.25. The largest absolute Gasteiger partial charge is 0.0654 e. The summed E-state index contributed by atoms with van der Waals surface area (Å²) in [5, 5.41) is 4.40. The molecule has 0 aliphatic carbocycles. The molecule has 0 aliphatic heterocycles. The lowest BCUT2D eigenvalue weighted by atomic mass is 9.77. The molecular weight excluding hydrogens is 415 g/mol. The summed E-state index contributed by atoms with van der Waals surface area (Å²) in [5.74, 6) is 0. The van der Waals surface area contributed by atoms with Crippen LogP contribution < -0.4 is 15.9 Å². The van der Waals surface area contributed by atoms with Gasteiger partial charge in [0.25, 0.3) is 0 Å². The van der Waals surface area contributed by atoms with Crippen LogP contribution in [0.4, 0.5) is 0 Å². The fraction of sp³-hybridized carbons (Fsp3) is 0.438. The van der Waals surface area contributed by atoms with E-state index in [2.05, 4.69) is 122 Å². The topological polar surface area (TPSA) is 0 Å². The third kappa shape index (κ3) is 5.44. The van der Waals surface area contributed by atoms with Gasteiger partial charge in [-0.2, -0.15) is 0 Å². The van der Waals surface area contributed by atoms with Crippen LogP contribution in [0.1, 0.15) is 89.5 Å². The highest BCUT2D eigenvalue weighted by Gasteiger charge is 2.26. The molecule has 3 rings (SSSR count). The molecule has 3 aromatic rings. The quantitative estimate of drug-likeness (QED) is 0.283. The van der Waals surface area contributed by atoms with Crippen LogP contribution in [0.5, 0.6) is 0 Å². The van der Waals surface area contributed by atoms with Gasteiger partial charge in [-0.3, -0.25) is 0 Å². The highest BCUT2D eigenvalue weighted by atomic mass is 31.1. The zero-order valence-corrected chi connectivity index (χ0v) is 23.0. The normalized spacial score (nSPS) is 13.2. The predicted molar refractivity (Wildman–Crippen MR) is 150 cm³/mol. The first-order valence-corrected chi connectivity index (χ1v) is 14.1. The Morgan fingerprint density at radius 2 is 1.18 bits per heavy atom. The molecule has 176 valence electrons. The van der Waals surface area contributed by atoms with Crippen molar-refractivity contribution in [1.29, 1.82) is 0 Å².